The SMILES string of the molecule is O=S(=O)(NCc1ncc[nH]1)c1ccc(Cl)c(CO)c1. The smallest absolute Gasteiger partial charge is 0.240 e. The third kappa shape index (κ3) is 3.32. The van der Waals surface area contributed by atoms with E-state index in [4.69, 9.17) is 16.7 Å². The summed E-state index contributed by atoms with van der Waals surface area (Å²) in [6.45, 7) is -0.257. The highest BCUT2D eigenvalue weighted by atomic mass is 35.5. The normalized spacial score (nSPS) is 11.7. The maximum Gasteiger partial charge on any atom is 0.240 e. The molecule has 102 valence electrons. The van der Waals surface area contributed by atoms with Gasteiger partial charge < -0.3 is 10.1 Å². The van der Waals surface area contributed by atoms with E-state index < -0.39 is 10.0 Å². The number of nitrogens with one attached hydrogen (secondary N) is 2. The van der Waals surface area contributed by atoms with Gasteiger partial charge in [0.1, 0.15) is 5.82 Å². The molecule has 6 nitrogen and oxygen atoms in total. The van der Waals surface area contributed by atoms with Gasteiger partial charge in [0.05, 0.1) is 18.0 Å². The third-order valence-corrected chi connectivity index (χ3v) is 4.25. The number of sulfonamides is 1. The average Bonchev–Trinajstić information content (AvgIpc) is 2.90. The van der Waals surface area contributed by atoms with Crippen LogP contribution >= 0.6 is 11.6 Å². The zero-order valence-electron chi connectivity index (χ0n) is 9.80. The largest absolute Gasteiger partial charge is 0.392 e. The van der Waals surface area contributed by atoms with Gasteiger partial charge in [-0.1, -0.05) is 11.6 Å². The molecular formula is C11H12ClN3O3S. The number of aromatic nitrogens is 2. The highest BCUT2D eigenvalue weighted by molar-refractivity contribution is 7.89. The molecule has 0 saturated carbocycles. The fourth-order valence-electron chi connectivity index (χ4n) is 1.48. The Balaban J connectivity index is 2.19. The van der Waals surface area contributed by atoms with Crippen LogP contribution in [0, 0.1) is 0 Å². The van der Waals surface area contributed by atoms with E-state index in [0.29, 0.717) is 16.4 Å². The van der Waals surface area contributed by atoms with Gasteiger partial charge in [-0.25, -0.2) is 18.1 Å². The Morgan fingerprint density at radius 2 is 2.21 bits per heavy atom. The average molecular weight is 302 g/mol. The third-order valence-electron chi connectivity index (χ3n) is 2.48. The monoisotopic (exact) mass is 301 g/mol. The first-order valence-electron chi connectivity index (χ1n) is 5.40. The van der Waals surface area contributed by atoms with Crippen molar-refractivity contribution in [2.45, 2.75) is 18.0 Å². The highest BCUT2D eigenvalue weighted by Gasteiger charge is 2.15. The number of aliphatic hydroxyl groups excluding tert-OH is 1. The fourth-order valence-corrected chi connectivity index (χ4v) is 2.70. The van der Waals surface area contributed by atoms with Gasteiger partial charge in [-0.15, -0.1) is 0 Å². The molecule has 0 atom stereocenters. The van der Waals surface area contributed by atoms with Crippen molar-refractivity contribution in [3.63, 3.8) is 0 Å². The minimum atomic E-state index is -3.67. The van der Waals surface area contributed by atoms with Crippen molar-refractivity contribution in [1.29, 1.82) is 0 Å². The van der Waals surface area contributed by atoms with E-state index in [1.807, 2.05) is 0 Å². The summed E-state index contributed by atoms with van der Waals surface area (Å²) in [5, 5.41) is 9.40. The fraction of sp³-hybridized carbons (Fsp3) is 0.182. The van der Waals surface area contributed by atoms with Crippen molar-refractivity contribution in [3.8, 4) is 0 Å². The van der Waals surface area contributed by atoms with Crippen LogP contribution in [-0.2, 0) is 23.2 Å². The number of aromatic amines is 1. The Morgan fingerprint density at radius 3 is 2.84 bits per heavy atom. The molecule has 3 N–H and O–H groups in total. The lowest BCUT2D eigenvalue weighted by atomic mass is 10.2. The van der Waals surface area contributed by atoms with Crippen LogP contribution in [0.2, 0.25) is 5.02 Å². The molecule has 0 aliphatic carbocycles. The van der Waals surface area contributed by atoms with E-state index in [1.165, 1.54) is 24.4 Å². The van der Waals surface area contributed by atoms with E-state index in [9.17, 15) is 8.42 Å². The number of H-pyrrole nitrogens is 1. The van der Waals surface area contributed by atoms with Crippen LogP contribution in [0.3, 0.4) is 0 Å². The molecule has 8 heteroatoms. The predicted molar refractivity (Wildman–Crippen MR) is 70.0 cm³/mol. The van der Waals surface area contributed by atoms with Gasteiger partial charge in [0, 0.05) is 17.4 Å². The molecule has 0 unspecified atom stereocenters. The molecule has 1 aromatic heterocycles. The Hall–Kier alpha value is -1.41. The van der Waals surface area contributed by atoms with Crippen molar-refractivity contribution < 1.29 is 13.5 Å². The van der Waals surface area contributed by atoms with Crippen LogP contribution in [0.15, 0.2) is 35.5 Å². The molecule has 2 aromatic rings. The van der Waals surface area contributed by atoms with Crippen LogP contribution in [0.5, 0.6) is 0 Å². The molecule has 0 fully saturated rings. The zero-order chi connectivity index (χ0) is 13.9. The number of halogens is 1. The first-order chi connectivity index (χ1) is 9.03. The quantitative estimate of drug-likeness (QED) is 0.769. The van der Waals surface area contributed by atoms with E-state index >= 15 is 0 Å². The lowest BCUT2D eigenvalue weighted by molar-refractivity contribution is 0.281. The number of nitrogens with zero attached hydrogens (tertiary/aromatic N) is 1. The molecule has 0 spiro atoms. The van der Waals surface area contributed by atoms with Crippen molar-refractivity contribution >= 4 is 21.6 Å². The van der Waals surface area contributed by atoms with E-state index in [1.54, 1.807) is 6.20 Å². The zero-order valence-corrected chi connectivity index (χ0v) is 11.4. The Labute approximate surface area is 115 Å². The lowest BCUT2D eigenvalue weighted by Gasteiger charge is -2.07. The molecule has 0 radical (unpaired) electrons. The van der Waals surface area contributed by atoms with Crippen molar-refractivity contribution in [1.82, 2.24) is 14.7 Å². The summed E-state index contributed by atoms with van der Waals surface area (Å²) in [5.41, 5.74) is 0.363. The van der Waals surface area contributed by atoms with Crippen LogP contribution in [0.4, 0.5) is 0 Å². The second-order valence-electron chi connectivity index (χ2n) is 3.77. The van der Waals surface area contributed by atoms with Gasteiger partial charge in [0.25, 0.3) is 0 Å². The van der Waals surface area contributed by atoms with E-state index in [2.05, 4.69) is 14.7 Å². The van der Waals surface area contributed by atoms with Crippen molar-refractivity contribution in [2.24, 2.45) is 0 Å². The molecule has 0 bridgehead atoms. The molecule has 19 heavy (non-hydrogen) atoms. The molecular weight excluding hydrogens is 290 g/mol. The molecule has 0 saturated heterocycles. The summed E-state index contributed by atoms with van der Waals surface area (Å²) in [4.78, 5) is 6.76. The van der Waals surface area contributed by atoms with Crippen molar-refractivity contribution in [2.75, 3.05) is 0 Å². The molecule has 0 aliphatic heterocycles. The van der Waals surface area contributed by atoms with Crippen LogP contribution in [0.1, 0.15) is 11.4 Å². The van der Waals surface area contributed by atoms with Crippen LogP contribution in [0.25, 0.3) is 0 Å². The maximum atomic E-state index is 12.0. The summed E-state index contributed by atoms with van der Waals surface area (Å²) in [6.07, 6.45) is 3.14. The first-order valence-corrected chi connectivity index (χ1v) is 7.26. The molecule has 0 aliphatic rings. The number of imidazole rings is 1. The van der Waals surface area contributed by atoms with E-state index in [0.717, 1.165) is 0 Å². The number of aliphatic hydroxyl groups is 1. The molecule has 1 heterocycles. The Kier molecular flexibility index (Phi) is 4.20. The second-order valence-corrected chi connectivity index (χ2v) is 5.95. The standard InChI is InChI=1S/C11H12ClN3O3S/c12-10-2-1-9(5-8(10)7-16)19(17,18)15-6-11-13-3-4-14-11/h1-5,15-16H,6-7H2,(H,13,14). The number of rotatable bonds is 5. The molecule has 1 aromatic carbocycles. The topological polar surface area (TPSA) is 95.1 Å². The summed E-state index contributed by atoms with van der Waals surface area (Å²) in [5.74, 6) is 0.514. The van der Waals surface area contributed by atoms with Gasteiger partial charge in [-0.05, 0) is 23.8 Å². The molecule has 0 amide bonds. The maximum absolute atomic E-state index is 12.0. The van der Waals surface area contributed by atoms with Gasteiger partial charge in [0.2, 0.25) is 10.0 Å². The highest BCUT2D eigenvalue weighted by Crippen LogP contribution is 2.20. The van der Waals surface area contributed by atoms with Crippen LogP contribution in [-0.4, -0.2) is 23.5 Å². The Bertz CT molecular complexity index is 656. The number of benzene rings is 1. The summed E-state index contributed by atoms with van der Waals surface area (Å²) < 4.78 is 26.5. The predicted octanol–water partition coefficient (Wildman–Crippen LogP) is 1.03. The minimum absolute atomic E-state index is 0.0486. The Morgan fingerprint density at radius 1 is 1.42 bits per heavy atom. The molecule has 2 rings (SSSR count). The van der Waals surface area contributed by atoms with Gasteiger partial charge in [-0.2, -0.15) is 0 Å². The first kappa shape index (κ1) is 14.0. The van der Waals surface area contributed by atoms with E-state index in [-0.39, 0.29) is 18.0 Å². The minimum Gasteiger partial charge on any atom is -0.392 e. The summed E-state index contributed by atoms with van der Waals surface area (Å²) in [7, 11) is -3.67. The van der Waals surface area contributed by atoms with Crippen LogP contribution < -0.4 is 4.72 Å². The lowest BCUT2D eigenvalue weighted by Crippen LogP contribution is -2.24. The number of hydrogen-bond acceptors (Lipinski definition) is 4. The van der Waals surface area contributed by atoms with Gasteiger partial charge in [-0.3, -0.25) is 0 Å². The van der Waals surface area contributed by atoms with Gasteiger partial charge >= 0.3 is 0 Å². The number of hydrogen-bond donors (Lipinski definition) is 3. The summed E-state index contributed by atoms with van der Waals surface area (Å²) in [6, 6.07) is 4.16. The summed E-state index contributed by atoms with van der Waals surface area (Å²) >= 11 is 5.81. The van der Waals surface area contributed by atoms with Gasteiger partial charge in [0.15, 0.2) is 0 Å². The second kappa shape index (κ2) is 5.70. The van der Waals surface area contributed by atoms with Crippen molar-refractivity contribution in [3.05, 3.63) is 47.0 Å².